The highest BCUT2D eigenvalue weighted by molar-refractivity contribution is 6.02. The Morgan fingerprint density at radius 3 is 2.50 bits per heavy atom. The van der Waals surface area contributed by atoms with E-state index < -0.39 is 0 Å². The summed E-state index contributed by atoms with van der Waals surface area (Å²) in [6.07, 6.45) is 1.80. The molecular weight excluding hydrogens is 250 g/mol. The Balaban J connectivity index is 2.11. The molecule has 3 rings (SSSR count). The first-order chi connectivity index (χ1) is 9.44. The largest absolute Gasteiger partial charge is 0.486 e. The van der Waals surface area contributed by atoms with E-state index in [1.165, 1.54) is 0 Å². The minimum absolute atomic E-state index is 0.0769. The summed E-state index contributed by atoms with van der Waals surface area (Å²) >= 11 is 0. The number of hydrogen-bond acceptors (Lipinski definition) is 3. The zero-order valence-electron chi connectivity index (χ0n) is 12.5. The first-order valence-corrected chi connectivity index (χ1v) is 7.47. The fraction of sp³-hybridized carbons (Fsp3) is 0.588. The number of Topliss-reactive ketones (excluding diaryl/α,β-unsaturated/α-hetero) is 1. The Hall–Kier alpha value is -1.35. The number of carbonyl (C=O) groups excluding carboxylic acids is 1. The molecule has 3 nitrogen and oxygen atoms in total. The summed E-state index contributed by atoms with van der Waals surface area (Å²) in [5.74, 6) is 0.938. The van der Waals surface area contributed by atoms with Crippen molar-refractivity contribution in [3.8, 4) is 5.75 Å². The van der Waals surface area contributed by atoms with Crippen molar-refractivity contribution in [1.29, 1.82) is 0 Å². The second-order valence-corrected chi connectivity index (χ2v) is 7.08. The van der Waals surface area contributed by atoms with Crippen LogP contribution < -0.4 is 10.1 Å². The predicted octanol–water partition coefficient (Wildman–Crippen LogP) is 3.05. The van der Waals surface area contributed by atoms with Gasteiger partial charge in [0.15, 0.2) is 5.78 Å². The van der Waals surface area contributed by atoms with E-state index in [1.54, 1.807) is 0 Å². The Bertz CT molecular complexity index is 524. The minimum atomic E-state index is -0.338. The third-order valence-corrected chi connectivity index (χ3v) is 4.57. The monoisotopic (exact) mass is 273 g/mol. The van der Waals surface area contributed by atoms with Gasteiger partial charge in [0, 0.05) is 12.8 Å². The number of piperidine rings is 1. The number of nitrogens with one attached hydrogen (secondary N) is 1. The smallest absolute Gasteiger partial charge is 0.174 e. The lowest BCUT2D eigenvalue weighted by atomic mass is 9.63. The third kappa shape index (κ3) is 2.05. The maximum atomic E-state index is 13.0. The molecule has 2 heterocycles. The zero-order valence-corrected chi connectivity index (χ0v) is 12.5. The van der Waals surface area contributed by atoms with Gasteiger partial charge in [-0.05, 0) is 30.6 Å². The first-order valence-electron chi connectivity index (χ1n) is 7.47. The van der Waals surface area contributed by atoms with Gasteiger partial charge in [-0.3, -0.25) is 4.79 Å². The van der Waals surface area contributed by atoms with Crippen LogP contribution in [0.5, 0.6) is 5.75 Å². The molecule has 1 N–H and O–H groups in total. The van der Waals surface area contributed by atoms with Gasteiger partial charge < -0.3 is 10.1 Å². The lowest BCUT2D eigenvalue weighted by Crippen LogP contribution is -2.59. The molecule has 1 atom stereocenters. The molecule has 1 spiro atoms. The Morgan fingerprint density at radius 2 is 1.85 bits per heavy atom. The number of para-hydroxylation sites is 1. The molecule has 0 aliphatic carbocycles. The summed E-state index contributed by atoms with van der Waals surface area (Å²) in [7, 11) is 0. The molecule has 1 aromatic carbocycles. The van der Waals surface area contributed by atoms with E-state index >= 15 is 0 Å². The summed E-state index contributed by atoms with van der Waals surface area (Å²) in [5, 5.41) is 3.38. The molecule has 0 amide bonds. The van der Waals surface area contributed by atoms with Crippen LogP contribution >= 0.6 is 0 Å². The molecular formula is C17H23NO2. The van der Waals surface area contributed by atoms with Crippen LogP contribution in [0.25, 0.3) is 0 Å². The van der Waals surface area contributed by atoms with Crippen LogP contribution in [-0.2, 0) is 0 Å². The summed E-state index contributed by atoms with van der Waals surface area (Å²) in [4.78, 5) is 13.0. The van der Waals surface area contributed by atoms with Crippen LogP contribution in [-0.4, -0.2) is 24.5 Å². The zero-order chi connectivity index (χ0) is 14.4. The number of fused-ring (bicyclic) bond motifs is 1. The van der Waals surface area contributed by atoms with Crippen molar-refractivity contribution in [3.05, 3.63) is 29.8 Å². The van der Waals surface area contributed by atoms with Crippen LogP contribution in [0, 0.1) is 11.3 Å². The molecule has 0 saturated carbocycles. The molecule has 2 aliphatic heterocycles. The number of rotatable bonds is 0. The second-order valence-electron chi connectivity index (χ2n) is 7.08. The Morgan fingerprint density at radius 1 is 1.20 bits per heavy atom. The van der Waals surface area contributed by atoms with Gasteiger partial charge in [0.25, 0.3) is 0 Å². The van der Waals surface area contributed by atoms with Crippen molar-refractivity contribution in [2.75, 3.05) is 13.1 Å². The number of carbonyl (C=O) groups is 1. The summed E-state index contributed by atoms with van der Waals surface area (Å²) in [6.45, 7) is 8.29. The van der Waals surface area contributed by atoms with Gasteiger partial charge in [-0.2, -0.15) is 0 Å². The van der Waals surface area contributed by atoms with Crippen LogP contribution in [0.1, 0.15) is 44.0 Å². The molecule has 2 aliphatic rings. The van der Waals surface area contributed by atoms with Crippen LogP contribution in [0.3, 0.4) is 0 Å². The van der Waals surface area contributed by atoms with Crippen molar-refractivity contribution in [2.45, 2.75) is 39.2 Å². The second kappa shape index (κ2) is 4.59. The number of ketones is 1. The van der Waals surface area contributed by atoms with E-state index in [4.69, 9.17) is 4.74 Å². The SMILES string of the molecule is CC(C)(C)C1C(=O)c2ccccc2OC12CCNCC2. The normalized spacial score (nSPS) is 25.1. The Labute approximate surface area is 120 Å². The molecule has 0 bridgehead atoms. The van der Waals surface area contributed by atoms with Gasteiger partial charge in [-0.1, -0.05) is 32.9 Å². The van der Waals surface area contributed by atoms with E-state index in [0.717, 1.165) is 37.2 Å². The third-order valence-electron chi connectivity index (χ3n) is 4.57. The van der Waals surface area contributed by atoms with E-state index in [1.807, 2.05) is 24.3 Å². The molecule has 1 aromatic rings. The van der Waals surface area contributed by atoms with Crippen LogP contribution in [0.4, 0.5) is 0 Å². The van der Waals surface area contributed by atoms with Gasteiger partial charge in [0.05, 0.1) is 11.5 Å². The lowest BCUT2D eigenvalue weighted by Gasteiger charge is -2.50. The van der Waals surface area contributed by atoms with Crippen molar-refractivity contribution >= 4 is 5.78 Å². The average Bonchev–Trinajstić information content (AvgIpc) is 2.38. The van der Waals surface area contributed by atoms with E-state index in [0.29, 0.717) is 0 Å². The van der Waals surface area contributed by atoms with Gasteiger partial charge in [-0.15, -0.1) is 0 Å². The predicted molar refractivity (Wildman–Crippen MR) is 79.2 cm³/mol. The molecule has 0 aromatic heterocycles. The minimum Gasteiger partial charge on any atom is -0.486 e. The number of ether oxygens (including phenoxy) is 1. The number of hydrogen-bond donors (Lipinski definition) is 1. The maximum absolute atomic E-state index is 13.0. The molecule has 1 unspecified atom stereocenters. The topological polar surface area (TPSA) is 38.3 Å². The van der Waals surface area contributed by atoms with E-state index in [2.05, 4.69) is 26.1 Å². The summed E-state index contributed by atoms with van der Waals surface area (Å²) in [5.41, 5.74) is 0.313. The molecule has 0 radical (unpaired) electrons. The first kappa shape index (κ1) is 13.6. The molecule has 3 heteroatoms. The molecule has 20 heavy (non-hydrogen) atoms. The molecule has 1 fully saturated rings. The van der Waals surface area contributed by atoms with Gasteiger partial charge >= 0.3 is 0 Å². The lowest BCUT2D eigenvalue weighted by molar-refractivity contribution is -0.0548. The van der Waals surface area contributed by atoms with Gasteiger partial charge in [0.1, 0.15) is 11.4 Å². The Kier molecular flexibility index (Phi) is 3.13. The van der Waals surface area contributed by atoms with Crippen molar-refractivity contribution in [2.24, 2.45) is 11.3 Å². The highest BCUT2D eigenvalue weighted by Gasteiger charge is 2.54. The van der Waals surface area contributed by atoms with Gasteiger partial charge in [0.2, 0.25) is 0 Å². The average molecular weight is 273 g/mol. The van der Waals surface area contributed by atoms with Crippen molar-refractivity contribution < 1.29 is 9.53 Å². The fourth-order valence-corrected chi connectivity index (χ4v) is 3.85. The van der Waals surface area contributed by atoms with E-state index in [-0.39, 0.29) is 22.7 Å². The van der Waals surface area contributed by atoms with Crippen molar-refractivity contribution in [1.82, 2.24) is 5.32 Å². The van der Waals surface area contributed by atoms with E-state index in [9.17, 15) is 4.79 Å². The maximum Gasteiger partial charge on any atom is 0.174 e. The van der Waals surface area contributed by atoms with Crippen molar-refractivity contribution in [3.63, 3.8) is 0 Å². The molecule has 1 saturated heterocycles. The number of benzene rings is 1. The highest BCUT2D eigenvalue weighted by atomic mass is 16.5. The van der Waals surface area contributed by atoms with Crippen LogP contribution in [0.2, 0.25) is 0 Å². The standard InChI is InChI=1S/C17H23NO2/c1-16(2,3)15-14(19)12-6-4-5-7-13(12)20-17(15)8-10-18-11-9-17/h4-7,15,18H,8-11H2,1-3H3. The summed E-state index contributed by atoms with van der Waals surface area (Å²) < 4.78 is 6.41. The fourth-order valence-electron chi connectivity index (χ4n) is 3.85. The van der Waals surface area contributed by atoms with Gasteiger partial charge in [-0.25, -0.2) is 0 Å². The molecule has 108 valence electrons. The van der Waals surface area contributed by atoms with Crippen LogP contribution in [0.15, 0.2) is 24.3 Å². The quantitative estimate of drug-likeness (QED) is 0.789. The summed E-state index contributed by atoms with van der Waals surface area (Å²) in [6, 6.07) is 7.68. The highest BCUT2D eigenvalue weighted by Crippen LogP contribution is 2.48.